The van der Waals surface area contributed by atoms with Gasteiger partial charge in [-0.25, -0.2) is 13.6 Å². The van der Waals surface area contributed by atoms with Crippen LogP contribution in [0.5, 0.6) is 0 Å². The molecule has 0 bridgehead atoms. The summed E-state index contributed by atoms with van der Waals surface area (Å²) < 4.78 is 32.9. The van der Waals surface area contributed by atoms with Crippen LogP contribution in [0.2, 0.25) is 0 Å². The highest BCUT2D eigenvalue weighted by Gasteiger charge is 2.13. The minimum absolute atomic E-state index is 0.0866. The van der Waals surface area contributed by atoms with Crippen LogP contribution in [0.1, 0.15) is 10.4 Å². The number of ether oxygens (including phenoxy) is 2. The average Bonchev–Trinajstić information content (AvgIpc) is 2.64. The van der Waals surface area contributed by atoms with E-state index in [1.807, 2.05) is 0 Å². The van der Waals surface area contributed by atoms with Crippen molar-refractivity contribution in [3.8, 4) is 0 Å². The van der Waals surface area contributed by atoms with Gasteiger partial charge in [0.15, 0.2) is 0 Å². The zero-order valence-electron chi connectivity index (χ0n) is 16.2. The summed E-state index contributed by atoms with van der Waals surface area (Å²) in [7, 11) is -3.81. The molecule has 1 rings (SSSR count). The molecule has 0 unspecified atom stereocenters. The third-order valence-electron chi connectivity index (χ3n) is 3.62. The molecular weight excluding hydrogens is 422 g/mol. The van der Waals surface area contributed by atoms with Gasteiger partial charge in [-0.15, -0.1) is 0 Å². The van der Waals surface area contributed by atoms with E-state index in [2.05, 4.69) is 5.32 Å². The number of carboxylic acids is 2. The summed E-state index contributed by atoms with van der Waals surface area (Å²) in [5.41, 5.74) is 0.276. The Labute approximate surface area is 173 Å². The van der Waals surface area contributed by atoms with Gasteiger partial charge in [-0.05, 0) is 24.3 Å². The van der Waals surface area contributed by atoms with Crippen molar-refractivity contribution in [1.29, 1.82) is 0 Å². The molecule has 0 fully saturated rings. The number of aliphatic carboxylic acids is 2. The Morgan fingerprint density at radius 2 is 1.47 bits per heavy atom. The van der Waals surface area contributed by atoms with Crippen molar-refractivity contribution in [3.63, 3.8) is 0 Å². The SMILES string of the molecule is NS(=O)(=O)c1ccc(C(=O)NCCOCCOCCN(CC(=O)O)CC(=O)O)cc1. The summed E-state index contributed by atoms with van der Waals surface area (Å²) in [5.74, 6) is -2.64. The van der Waals surface area contributed by atoms with E-state index in [1.54, 1.807) is 0 Å². The highest BCUT2D eigenvalue weighted by molar-refractivity contribution is 7.89. The Kier molecular flexibility index (Phi) is 10.9. The van der Waals surface area contributed by atoms with Gasteiger partial charge in [0, 0.05) is 18.7 Å². The fourth-order valence-electron chi connectivity index (χ4n) is 2.25. The van der Waals surface area contributed by atoms with Crippen molar-refractivity contribution < 1.29 is 42.5 Å². The molecule has 168 valence electrons. The third kappa shape index (κ3) is 10.8. The van der Waals surface area contributed by atoms with Crippen LogP contribution in [-0.4, -0.2) is 94.0 Å². The maximum Gasteiger partial charge on any atom is 0.317 e. The number of nitrogens with zero attached hydrogens (tertiary/aromatic N) is 1. The zero-order valence-corrected chi connectivity index (χ0v) is 17.0. The van der Waals surface area contributed by atoms with Gasteiger partial charge in [0.2, 0.25) is 10.0 Å². The monoisotopic (exact) mass is 447 g/mol. The number of rotatable bonds is 15. The number of amides is 1. The number of carboxylic acid groups (broad SMARTS) is 2. The number of benzene rings is 1. The van der Waals surface area contributed by atoms with E-state index in [-0.39, 0.29) is 50.0 Å². The van der Waals surface area contributed by atoms with Gasteiger partial charge in [0.1, 0.15) is 0 Å². The minimum atomic E-state index is -3.81. The van der Waals surface area contributed by atoms with Crippen LogP contribution in [0.25, 0.3) is 0 Å². The first-order valence-corrected chi connectivity index (χ1v) is 10.4. The highest BCUT2D eigenvalue weighted by Crippen LogP contribution is 2.08. The molecule has 12 nitrogen and oxygen atoms in total. The Bertz CT molecular complexity index is 796. The van der Waals surface area contributed by atoms with Crippen molar-refractivity contribution in [2.75, 3.05) is 52.6 Å². The number of carbonyl (C=O) groups is 3. The van der Waals surface area contributed by atoms with E-state index in [0.29, 0.717) is 0 Å². The van der Waals surface area contributed by atoms with Crippen molar-refractivity contribution in [2.45, 2.75) is 4.90 Å². The quantitative estimate of drug-likeness (QED) is 0.232. The van der Waals surface area contributed by atoms with Crippen molar-refractivity contribution >= 4 is 27.9 Å². The molecule has 1 aromatic carbocycles. The molecule has 0 saturated carbocycles. The Hall–Kier alpha value is -2.58. The lowest BCUT2D eigenvalue weighted by molar-refractivity contribution is -0.142. The summed E-state index contributed by atoms with van der Waals surface area (Å²) in [4.78, 5) is 34.4. The second kappa shape index (κ2) is 12.9. The standard InChI is InChI=1S/C17H25N3O9S/c18-30(26,27)14-3-1-13(2-4-14)17(25)19-5-7-28-9-10-29-8-6-20(11-15(21)22)12-16(23)24/h1-4H,5-12H2,(H,19,25)(H,21,22)(H,23,24)(H2,18,26,27). The number of hydrogen-bond acceptors (Lipinski definition) is 8. The Morgan fingerprint density at radius 3 is 1.97 bits per heavy atom. The minimum Gasteiger partial charge on any atom is -0.480 e. The third-order valence-corrected chi connectivity index (χ3v) is 4.55. The Balaban J connectivity index is 2.14. The van der Waals surface area contributed by atoms with Gasteiger partial charge >= 0.3 is 11.9 Å². The molecular formula is C17H25N3O9S. The molecule has 0 aromatic heterocycles. The largest absolute Gasteiger partial charge is 0.480 e. The molecule has 0 heterocycles. The lowest BCUT2D eigenvalue weighted by Gasteiger charge is -2.17. The van der Waals surface area contributed by atoms with E-state index in [1.165, 1.54) is 29.2 Å². The molecule has 0 spiro atoms. The van der Waals surface area contributed by atoms with Crippen LogP contribution < -0.4 is 10.5 Å². The van der Waals surface area contributed by atoms with Crippen LogP contribution in [0.15, 0.2) is 29.2 Å². The summed E-state index contributed by atoms with van der Waals surface area (Å²) in [6, 6.07) is 5.18. The Morgan fingerprint density at radius 1 is 0.933 bits per heavy atom. The van der Waals surface area contributed by atoms with Crippen LogP contribution >= 0.6 is 0 Å². The summed E-state index contributed by atoms with van der Waals surface area (Å²) in [6.45, 7) is 0.407. The lowest BCUT2D eigenvalue weighted by atomic mass is 10.2. The number of nitrogens with two attached hydrogens (primary N) is 1. The molecule has 0 aliphatic carbocycles. The van der Waals surface area contributed by atoms with Gasteiger partial charge in [0.05, 0.1) is 44.4 Å². The molecule has 1 amide bonds. The number of carbonyl (C=O) groups excluding carboxylic acids is 1. The first kappa shape index (κ1) is 25.5. The van der Waals surface area contributed by atoms with Gasteiger partial charge in [0.25, 0.3) is 5.91 Å². The van der Waals surface area contributed by atoms with Crippen LogP contribution in [0.4, 0.5) is 0 Å². The number of hydrogen-bond donors (Lipinski definition) is 4. The van der Waals surface area contributed by atoms with Crippen molar-refractivity contribution in [3.05, 3.63) is 29.8 Å². The average molecular weight is 447 g/mol. The number of sulfonamides is 1. The predicted octanol–water partition coefficient (Wildman–Crippen LogP) is -1.43. The normalized spacial score (nSPS) is 11.4. The maximum atomic E-state index is 11.9. The molecule has 0 saturated heterocycles. The summed E-state index contributed by atoms with van der Waals surface area (Å²) >= 11 is 0. The molecule has 0 aliphatic rings. The molecule has 0 aliphatic heterocycles. The van der Waals surface area contributed by atoms with Gasteiger partial charge in [-0.2, -0.15) is 0 Å². The molecule has 13 heteroatoms. The number of primary sulfonamides is 1. The van der Waals surface area contributed by atoms with Gasteiger partial charge in [-0.3, -0.25) is 19.3 Å². The summed E-state index contributed by atoms with van der Waals surface area (Å²) in [6.07, 6.45) is 0. The molecule has 30 heavy (non-hydrogen) atoms. The second-order valence-corrected chi connectivity index (χ2v) is 7.61. The highest BCUT2D eigenvalue weighted by atomic mass is 32.2. The second-order valence-electron chi connectivity index (χ2n) is 6.05. The molecule has 0 radical (unpaired) electrons. The first-order valence-electron chi connectivity index (χ1n) is 8.82. The van der Waals surface area contributed by atoms with Crippen LogP contribution in [-0.2, 0) is 29.1 Å². The first-order chi connectivity index (χ1) is 14.1. The van der Waals surface area contributed by atoms with Gasteiger partial charge in [-0.1, -0.05) is 0 Å². The van der Waals surface area contributed by atoms with Crippen molar-refractivity contribution in [1.82, 2.24) is 10.2 Å². The van der Waals surface area contributed by atoms with E-state index >= 15 is 0 Å². The zero-order chi connectivity index (χ0) is 22.6. The van der Waals surface area contributed by atoms with E-state index in [9.17, 15) is 22.8 Å². The van der Waals surface area contributed by atoms with Crippen molar-refractivity contribution in [2.24, 2.45) is 5.14 Å². The van der Waals surface area contributed by atoms with Gasteiger partial charge < -0.3 is 25.0 Å². The lowest BCUT2D eigenvalue weighted by Crippen LogP contribution is -2.37. The topological polar surface area (TPSA) is 186 Å². The van der Waals surface area contributed by atoms with E-state index in [4.69, 9.17) is 24.8 Å². The predicted molar refractivity (Wildman–Crippen MR) is 103 cm³/mol. The summed E-state index contributed by atoms with van der Waals surface area (Å²) in [5, 5.41) is 25.0. The fourth-order valence-corrected chi connectivity index (χ4v) is 2.76. The maximum absolute atomic E-state index is 11.9. The fraction of sp³-hybridized carbons (Fsp3) is 0.471. The molecule has 5 N–H and O–H groups in total. The van der Waals surface area contributed by atoms with Crippen LogP contribution in [0.3, 0.4) is 0 Å². The van der Waals surface area contributed by atoms with Crippen LogP contribution in [0, 0.1) is 0 Å². The molecule has 0 atom stereocenters. The molecule has 1 aromatic rings. The smallest absolute Gasteiger partial charge is 0.317 e. The number of nitrogens with one attached hydrogen (secondary N) is 1. The van der Waals surface area contributed by atoms with E-state index in [0.717, 1.165) is 0 Å². The van der Waals surface area contributed by atoms with E-state index < -0.39 is 41.0 Å².